The Morgan fingerprint density at radius 1 is 0.800 bits per heavy atom. The average Bonchev–Trinajstić information content (AvgIpc) is 3.39. The van der Waals surface area contributed by atoms with Crippen LogP contribution in [0.3, 0.4) is 0 Å². The van der Waals surface area contributed by atoms with Crippen LogP contribution in [0.2, 0.25) is 0 Å². The molecule has 45 heavy (non-hydrogen) atoms. The number of hydrogen-bond donors (Lipinski definition) is 1. The number of halogens is 1. The van der Waals surface area contributed by atoms with Crippen LogP contribution >= 0.6 is 0 Å². The van der Waals surface area contributed by atoms with Gasteiger partial charge in [0.25, 0.3) is 5.91 Å². The van der Waals surface area contributed by atoms with E-state index in [1.807, 2.05) is 6.07 Å². The molecule has 9 heteroatoms. The standard InChI is InChI=1S/C36H40FN5O3/c37-30-22-25(21-28-24-42(36(45)33(28)30)31-11-12-32(43)38-35(31)44)23-39-15-13-29(14-16-39)40-17-19-41(20-18-40)34(26-7-3-1-4-8-26)27-9-5-2-6-10-27/h1-10,21-22,29,31,34H,11-20,23-24H2,(H,38,43,44). The molecule has 0 aliphatic carbocycles. The summed E-state index contributed by atoms with van der Waals surface area (Å²) in [6.07, 6.45) is 2.60. The van der Waals surface area contributed by atoms with Crippen LogP contribution in [-0.4, -0.2) is 88.7 Å². The van der Waals surface area contributed by atoms with E-state index >= 15 is 4.39 Å². The van der Waals surface area contributed by atoms with Crippen molar-refractivity contribution in [2.75, 3.05) is 39.3 Å². The second-order valence-electron chi connectivity index (χ2n) is 12.8. The number of piperazine rings is 1. The van der Waals surface area contributed by atoms with E-state index in [4.69, 9.17) is 0 Å². The van der Waals surface area contributed by atoms with Gasteiger partial charge in [0.1, 0.15) is 11.9 Å². The van der Waals surface area contributed by atoms with E-state index in [-0.39, 0.29) is 36.9 Å². The smallest absolute Gasteiger partial charge is 0.258 e. The molecule has 234 valence electrons. The quantitative estimate of drug-likeness (QED) is 0.409. The highest BCUT2D eigenvalue weighted by atomic mass is 19.1. The lowest BCUT2D eigenvalue weighted by Gasteiger charge is -2.45. The van der Waals surface area contributed by atoms with E-state index in [9.17, 15) is 14.4 Å². The van der Waals surface area contributed by atoms with Crippen LogP contribution in [0.5, 0.6) is 0 Å². The van der Waals surface area contributed by atoms with E-state index in [2.05, 4.69) is 80.7 Å². The van der Waals surface area contributed by atoms with Gasteiger partial charge in [-0.3, -0.25) is 34.4 Å². The Balaban J connectivity index is 0.936. The number of benzene rings is 3. The van der Waals surface area contributed by atoms with Crippen LogP contribution in [-0.2, 0) is 22.7 Å². The molecular formula is C36H40FN5O3. The predicted octanol–water partition coefficient (Wildman–Crippen LogP) is 3.96. The maximum absolute atomic E-state index is 15.2. The van der Waals surface area contributed by atoms with Crippen LogP contribution in [0.1, 0.15) is 64.3 Å². The molecule has 8 nitrogen and oxygen atoms in total. The van der Waals surface area contributed by atoms with Gasteiger partial charge in [0, 0.05) is 51.7 Å². The first-order valence-corrected chi connectivity index (χ1v) is 16.2. The molecule has 3 saturated heterocycles. The Morgan fingerprint density at radius 2 is 1.44 bits per heavy atom. The molecule has 7 rings (SSSR count). The SMILES string of the molecule is O=C1CCC(N2Cc3cc(CN4CCC(N5CCN(C(c6ccccc6)c6ccccc6)CC5)CC4)cc(F)c3C2=O)C(=O)N1. The maximum atomic E-state index is 15.2. The summed E-state index contributed by atoms with van der Waals surface area (Å²) in [5.41, 5.74) is 4.20. The fourth-order valence-electron chi connectivity index (χ4n) is 7.76. The number of nitrogens with zero attached hydrogens (tertiary/aromatic N) is 4. The summed E-state index contributed by atoms with van der Waals surface area (Å²) < 4.78 is 15.2. The second kappa shape index (κ2) is 12.8. The Kier molecular flexibility index (Phi) is 8.49. The van der Waals surface area contributed by atoms with Gasteiger partial charge >= 0.3 is 0 Å². The van der Waals surface area contributed by atoms with Crippen molar-refractivity contribution >= 4 is 17.7 Å². The number of likely N-dealkylation sites (tertiary alicyclic amines) is 1. The van der Waals surface area contributed by atoms with Crippen molar-refractivity contribution in [1.82, 2.24) is 24.9 Å². The molecule has 0 saturated carbocycles. The molecule has 1 N–H and O–H groups in total. The average molecular weight is 610 g/mol. The summed E-state index contributed by atoms with van der Waals surface area (Å²) in [5.74, 6) is -1.81. The van der Waals surface area contributed by atoms with E-state index in [1.165, 1.54) is 22.1 Å². The van der Waals surface area contributed by atoms with Crippen molar-refractivity contribution in [3.05, 3.63) is 106 Å². The van der Waals surface area contributed by atoms with Crippen LogP contribution < -0.4 is 5.32 Å². The minimum Gasteiger partial charge on any atom is -0.322 e. The van der Waals surface area contributed by atoms with Gasteiger partial charge in [-0.15, -0.1) is 0 Å². The number of carbonyl (C=O) groups is 3. The van der Waals surface area contributed by atoms with Gasteiger partial charge in [0.15, 0.2) is 0 Å². The lowest BCUT2D eigenvalue weighted by Crippen LogP contribution is -2.53. The minimum absolute atomic E-state index is 0.0584. The van der Waals surface area contributed by atoms with Gasteiger partial charge in [-0.2, -0.15) is 0 Å². The van der Waals surface area contributed by atoms with Crippen LogP contribution in [0, 0.1) is 5.82 Å². The lowest BCUT2D eigenvalue weighted by atomic mass is 9.95. The lowest BCUT2D eigenvalue weighted by molar-refractivity contribution is -0.136. The number of hydrogen-bond acceptors (Lipinski definition) is 6. The predicted molar refractivity (Wildman–Crippen MR) is 169 cm³/mol. The zero-order valence-corrected chi connectivity index (χ0v) is 25.5. The number of nitrogens with one attached hydrogen (secondary N) is 1. The number of fused-ring (bicyclic) bond motifs is 1. The molecule has 4 aliphatic heterocycles. The van der Waals surface area contributed by atoms with Gasteiger partial charge in [0.2, 0.25) is 11.8 Å². The summed E-state index contributed by atoms with van der Waals surface area (Å²) in [6, 6.07) is 25.1. The third kappa shape index (κ3) is 6.17. The zero-order valence-electron chi connectivity index (χ0n) is 25.5. The third-order valence-electron chi connectivity index (χ3n) is 10.1. The van der Waals surface area contributed by atoms with Gasteiger partial charge in [-0.25, -0.2) is 4.39 Å². The fourth-order valence-corrected chi connectivity index (χ4v) is 7.76. The maximum Gasteiger partial charge on any atom is 0.258 e. The number of amides is 3. The van der Waals surface area contributed by atoms with Gasteiger partial charge in [-0.1, -0.05) is 66.7 Å². The number of rotatable bonds is 7. The molecule has 3 fully saturated rings. The molecular weight excluding hydrogens is 569 g/mol. The van der Waals surface area contributed by atoms with Crippen molar-refractivity contribution < 1.29 is 18.8 Å². The summed E-state index contributed by atoms with van der Waals surface area (Å²) >= 11 is 0. The molecule has 3 aromatic rings. The van der Waals surface area contributed by atoms with Crippen molar-refractivity contribution in [3.8, 4) is 0 Å². The Morgan fingerprint density at radius 3 is 2.07 bits per heavy atom. The van der Waals surface area contributed by atoms with Gasteiger partial charge in [-0.05, 0) is 60.7 Å². The first-order chi connectivity index (χ1) is 21.9. The normalized spacial score (nSPS) is 22.2. The molecule has 1 unspecified atom stereocenters. The Bertz CT molecular complexity index is 1510. The fraction of sp³-hybridized carbons (Fsp3) is 0.417. The van der Waals surface area contributed by atoms with Crippen molar-refractivity contribution in [2.24, 2.45) is 0 Å². The minimum atomic E-state index is -0.742. The zero-order chi connectivity index (χ0) is 30.9. The molecule has 0 spiro atoms. The molecule has 0 aromatic heterocycles. The third-order valence-corrected chi connectivity index (χ3v) is 10.1. The van der Waals surface area contributed by atoms with E-state index in [1.54, 1.807) is 0 Å². The monoisotopic (exact) mass is 609 g/mol. The Hall–Kier alpha value is -3.92. The Labute approximate surface area is 263 Å². The highest BCUT2D eigenvalue weighted by Crippen LogP contribution is 2.32. The topological polar surface area (TPSA) is 76.2 Å². The number of piperidine rings is 2. The number of imide groups is 1. The second-order valence-corrected chi connectivity index (χ2v) is 12.8. The molecule has 3 amide bonds. The van der Waals surface area contributed by atoms with Crippen LogP contribution in [0.15, 0.2) is 72.8 Å². The largest absolute Gasteiger partial charge is 0.322 e. The summed E-state index contributed by atoms with van der Waals surface area (Å²) in [4.78, 5) is 46.0. The molecule has 0 radical (unpaired) electrons. The van der Waals surface area contributed by atoms with E-state index in [0.717, 1.165) is 57.7 Å². The van der Waals surface area contributed by atoms with E-state index < -0.39 is 23.7 Å². The first-order valence-electron chi connectivity index (χ1n) is 16.2. The summed E-state index contributed by atoms with van der Waals surface area (Å²) in [7, 11) is 0. The molecule has 4 aliphatic rings. The highest BCUT2D eigenvalue weighted by Gasteiger charge is 2.41. The molecule has 4 heterocycles. The van der Waals surface area contributed by atoms with Crippen molar-refractivity contribution in [1.29, 1.82) is 0 Å². The van der Waals surface area contributed by atoms with Gasteiger partial charge in [0.05, 0.1) is 11.6 Å². The van der Waals surface area contributed by atoms with Crippen molar-refractivity contribution in [2.45, 2.75) is 56.9 Å². The van der Waals surface area contributed by atoms with Crippen molar-refractivity contribution in [3.63, 3.8) is 0 Å². The highest BCUT2D eigenvalue weighted by molar-refractivity contribution is 6.05. The molecule has 1 atom stereocenters. The number of carbonyl (C=O) groups excluding carboxylic acids is 3. The van der Waals surface area contributed by atoms with Gasteiger partial charge < -0.3 is 4.90 Å². The van der Waals surface area contributed by atoms with Crippen LogP contribution in [0.25, 0.3) is 0 Å². The summed E-state index contributed by atoms with van der Waals surface area (Å²) in [5, 5.41) is 2.30. The van der Waals surface area contributed by atoms with Crippen LogP contribution in [0.4, 0.5) is 4.39 Å². The molecule has 3 aromatic carbocycles. The first kappa shape index (κ1) is 29.8. The van der Waals surface area contributed by atoms with E-state index in [0.29, 0.717) is 18.2 Å². The summed E-state index contributed by atoms with van der Waals surface area (Å²) in [6.45, 7) is 6.86. The molecule has 0 bridgehead atoms.